The zero-order valence-electron chi connectivity index (χ0n) is 8.67. The van der Waals surface area contributed by atoms with E-state index in [9.17, 15) is 4.39 Å². The van der Waals surface area contributed by atoms with Crippen LogP contribution in [0.1, 0.15) is 0 Å². The minimum absolute atomic E-state index is 0.367. The molecule has 82 valence electrons. The second kappa shape index (κ2) is 4.49. The van der Waals surface area contributed by atoms with Crippen LogP contribution in [0.15, 0.2) is 36.5 Å². The maximum atomic E-state index is 13.6. The summed E-state index contributed by atoms with van der Waals surface area (Å²) >= 11 is 5.69. The second-order valence-corrected chi connectivity index (χ2v) is 3.74. The van der Waals surface area contributed by atoms with E-state index in [-0.39, 0.29) is 5.82 Å². The van der Waals surface area contributed by atoms with Gasteiger partial charge in [0.05, 0.1) is 5.69 Å². The highest BCUT2D eigenvalue weighted by molar-refractivity contribution is 6.30. The lowest BCUT2D eigenvalue weighted by atomic mass is 10.1. The molecule has 16 heavy (non-hydrogen) atoms. The summed E-state index contributed by atoms with van der Waals surface area (Å²) in [6.07, 6.45) is 1.63. The summed E-state index contributed by atoms with van der Waals surface area (Å²) in [4.78, 5) is 4.13. The standard InChI is InChI=1S/C12H10ClFN2/c1-15-9-4-5-16-12(7-9)10-3-2-8(13)6-11(10)14/h2-7H,1H3,(H,15,16). The zero-order chi connectivity index (χ0) is 11.5. The van der Waals surface area contributed by atoms with E-state index in [1.54, 1.807) is 31.4 Å². The van der Waals surface area contributed by atoms with Crippen LogP contribution in [0.25, 0.3) is 11.3 Å². The van der Waals surface area contributed by atoms with Crippen LogP contribution < -0.4 is 5.32 Å². The molecule has 1 N–H and O–H groups in total. The molecule has 0 aliphatic heterocycles. The Balaban J connectivity index is 2.49. The molecule has 0 atom stereocenters. The van der Waals surface area contributed by atoms with E-state index < -0.39 is 0 Å². The van der Waals surface area contributed by atoms with Crippen molar-refractivity contribution in [1.29, 1.82) is 0 Å². The molecule has 0 radical (unpaired) electrons. The fraction of sp³-hybridized carbons (Fsp3) is 0.0833. The Morgan fingerprint density at radius 2 is 2.06 bits per heavy atom. The molecule has 2 aromatic rings. The first-order valence-electron chi connectivity index (χ1n) is 4.80. The van der Waals surface area contributed by atoms with Gasteiger partial charge >= 0.3 is 0 Å². The lowest BCUT2D eigenvalue weighted by molar-refractivity contribution is 0.631. The number of halogens is 2. The van der Waals surface area contributed by atoms with Crippen LogP contribution in [0.3, 0.4) is 0 Å². The molecule has 0 saturated heterocycles. The zero-order valence-corrected chi connectivity index (χ0v) is 9.42. The Kier molecular flexibility index (Phi) is 3.06. The molecular formula is C12H10ClFN2. The third kappa shape index (κ3) is 2.14. The minimum atomic E-state index is -0.367. The summed E-state index contributed by atoms with van der Waals surface area (Å²) in [6, 6.07) is 8.15. The van der Waals surface area contributed by atoms with Crippen molar-refractivity contribution in [2.24, 2.45) is 0 Å². The minimum Gasteiger partial charge on any atom is -0.388 e. The molecule has 4 heteroatoms. The SMILES string of the molecule is CNc1ccnc(-c2ccc(Cl)cc2F)c1. The van der Waals surface area contributed by atoms with Gasteiger partial charge in [0.2, 0.25) is 0 Å². The van der Waals surface area contributed by atoms with Gasteiger partial charge in [0.25, 0.3) is 0 Å². The van der Waals surface area contributed by atoms with Gasteiger partial charge in [-0.2, -0.15) is 0 Å². The summed E-state index contributed by atoms with van der Waals surface area (Å²) in [6.45, 7) is 0. The van der Waals surface area contributed by atoms with Crippen LogP contribution >= 0.6 is 11.6 Å². The molecule has 1 heterocycles. The Hall–Kier alpha value is -1.61. The van der Waals surface area contributed by atoms with Crippen LogP contribution in [0.2, 0.25) is 5.02 Å². The van der Waals surface area contributed by atoms with Crippen molar-refractivity contribution in [2.75, 3.05) is 12.4 Å². The molecular weight excluding hydrogens is 227 g/mol. The first kappa shape index (κ1) is 10.9. The number of nitrogens with zero attached hydrogens (tertiary/aromatic N) is 1. The largest absolute Gasteiger partial charge is 0.388 e. The third-order valence-electron chi connectivity index (χ3n) is 2.26. The van der Waals surface area contributed by atoms with Crippen molar-refractivity contribution in [1.82, 2.24) is 4.98 Å². The summed E-state index contributed by atoms with van der Waals surface area (Å²) in [5.41, 5.74) is 1.92. The van der Waals surface area contributed by atoms with E-state index in [4.69, 9.17) is 11.6 Å². The molecule has 0 aliphatic rings. The molecule has 2 rings (SSSR count). The van der Waals surface area contributed by atoms with Gasteiger partial charge in [0, 0.05) is 29.5 Å². The quantitative estimate of drug-likeness (QED) is 0.862. The number of hydrogen-bond acceptors (Lipinski definition) is 2. The Morgan fingerprint density at radius 3 is 2.75 bits per heavy atom. The van der Waals surface area contributed by atoms with Crippen molar-refractivity contribution < 1.29 is 4.39 Å². The summed E-state index contributed by atoms with van der Waals surface area (Å²) < 4.78 is 13.6. The lowest BCUT2D eigenvalue weighted by Crippen LogP contribution is -1.92. The van der Waals surface area contributed by atoms with Gasteiger partial charge in [-0.15, -0.1) is 0 Å². The molecule has 0 bridgehead atoms. The first-order valence-corrected chi connectivity index (χ1v) is 5.18. The lowest BCUT2D eigenvalue weighted by Gasteiger charge is -2.05. The maximum Gasteiger partial charge on any atom is 0.134 e. The average molecular weight is 237 g/mol. The van der Waals surface area contributed by atoms with Gasteiger partial charge in [-0.3, -0.25) is 4.98 Å². The second-order valence-electron chi connectivity index (χ2n) is 3.30. The van der Waals surface area contributed by atoms with E-state index in [0.717, 1.165) is 5.69 Å². The Morgan fingerprint density at radius 1 is 1.25 bits per heavy atom. The Bertz CT molecular complexity index is 514. The number of nitrogens with one attached hydrogen (secondary N) is 1. The molecule has 0 amide bonds. The van der Waals surface area contributed by atoms with Gasteiger partial charge in [-0.1, -0.05) is 11.6 Å². The van der Waals surface area contributed by atoms with Gasteiger partial charge < -0.3 is 5.32 Å². The first-order chi connectivity index (χ1) is 7.70. The van der Waals surface area contributed by atoms with Crippen LogP contribution in [-0.2, 0) is 0 Å². The predicted octanol–water partition coefficient (Wildman–Crippen LogP) is 3.58. The number of aromatic nitrogens is 1. The van der Waals surface area contributed by atoms with E-state index in [1.165, 1.54) is 6.07 Å². The highest BCUT2D eigenvalue weighted by Gasteiger charge is 2.07. The maximum absolute atomic E-state index is 13.6. The summed E-state index contributed by atoms with van der Waals surface area (Å²) in [5, 5.41) is 3.36. The van der Waals surface area contributed by atoms with Crippen LogP contribution in [0.4, 0.5) is 10.1 Å². The normalized spacial score (nSPS) is 10.2. The highest BCUT2D eigenvalue weighted by atomic mass is 35.5. The average Bonchev–Trinajstić information content (AvgIpc) is 2.29. The fourth-order valence-corrected chi connectivity index (χ4v) is 1.59. The van der Waals surface area contributed by atoms with Crippen molar-refractivity contribution >= 4 is 17.3 Å². The van der Waals surface area contributed by atoms with Gasteiger partial charge in [0.1, 0.15) is 5.82 Å². The van der Waals surface area contributed by atoms with E-state index in [1.807, 2.05) is 6.07 Å². The van der Waals surface area contributed by atoms with Gasteiger partial charge in [-0.25, -0.2) is 4.39 Å². The van der Waals surface area contributed by atoms with Crippen LogP contribution in [0.5, 0.6) is 0 Å². The van der Waals surface area contributed by atoms with E-state index >= 15 is 0 Å². The Labute approximate surface area is 98.1 Å². The van der Waals surface area contributed by atoms with Crippen molar-refractivity contribution in [3.05, 3.63) is 47.4 Å². The van der Waals surface area contributed by atoms with Crippen molar-refractivity contribution in [3.8, 4) is 11.3 Å². The topological polar surface area (TPSA) is 24.9 Å². The monoisotopic (exact) mass is 236 g/mol. The summed E-state index contributed by atoms with van der Waals surface area (Å²) in [5.74, 6) is -0.367. The highest BCUT2D eigenvalue weighted by Crippen LogP contribution is 2.25. The number of rotatable bonds is 2. The summed E-state index contributed by atoms with van der Waals surface area (Å²) in [7, 11) is 1.80. The van der Waals surface area contributed by atoms with Crippen molar-refractivity contribution in [3.63, 3.8) is 0 Å². The molecule has 0 aliphatic carbocycles. The number of pyridine rings is 1. The molecule has 1 aromatic heterocycles. The van der Waals surface area contributed by atoms with Gasteiger partial charge in [-0.05, 0) is 30.3 Å². The molecule has 0 spiro atoms. The number of benzene rings is 1. The molecule has 1 aromatic carbocycles. The van der Waals surface area contributed by atoms with E-state index in [2.05, 4.69) is 10.3 Å². The van der Waals surface area contributed by atoms with Crippen LogP contribution in [-0.4, -0.2) is 12.0 Å². The number of hydrogen-bond donors (Lipinski definition) is 1. The fourth-order valence-electron chi connectivity index (χ4n) is 1.43. The number of anilines is 1. The third-order valence-corrected chi connectivity index (χ3v) is 2.49. The van der Waals surface area contributed by atoms with Crippen molar-refractivity contribution in [2.45, 2.75) is 0 Å². The smallest absolute Gasteiger partial charge is 0.134 e. The molecule has 2 nitrogen and oxygen atoms in total. The molecule has 0 unspecified atom stereocenters. The predicted molar refractivity (Wildman–Crippen MR) is 64.2 cm³/mol. The van der Waals surface area contributed by atoms with Crippen LogP contribution in [0, 0.1) is 5.82 Å². The molecule has 0 fully saturated rings. The van der Waals surface area contributed by atoms with E-state index in [0.29, 0.717) is 16.3 Å². The molecule has 0 saturated carbocycles. The van der Waals surface area contributed by atoms with Gasteiger partial charge in [0.15, 0.2) is 0 Å².